The SMILES string of the molecule is Fc1cncc(Oc2cccc(C3(c4ccsc4)CCC(Sc4ccccc4Cl)CN3)n2)c1. The Labute approximate surface area is 205 Å². The third-order valence-electron chi connectivity index (χ3n) is 5.68. The fourth-order valence-electron chi connectivity index (χ4n) is 4.07. The molecule has 5 rings (SSSR count). The monoisotopic (exact) mass is 497 g/mol. The third-order valence-corrected chi connectivity index (χ3v) is 8.15. The third kappa shape index (κ3) is 4.92. The van der Waals surface area contributed by atoms with Crippen molar-refractivity contribution < 1.29 is 9.13 Å². The highest BCUT2D eigenvalue weighted by atomic mass is 35.5. The molecule has 1 fully saturated rings. The van der Waals surface area contributed by atoms with E-state index in [1.807, 2.05) is 42.1 Å². The minimum Gasteiger partial charge on any atom is -0.437 e. The molecule has 4 nitrogen and oxygen atoms in total. The summed E-state index contributed by atoms with van der Waals surface area (Å²) in [6.45, 7) is 0.812. The van der Waals surface area contributed by atoms with E-state index in [2.05, 4.69) is 33.2 Å². The first-order valence-electron chi connectivity index (χ1n) is 10.6. The van der Waals surface area contributed by atoms with Crippen molar-refractivity contribution in [1.29, 1.82) is 0 Å². The van der Waals surface area contributed by atoms with Gasteiger partial charge in [-0.3, -0.25) is 4.98 Å². The van der Waals surface area contributed by atoms with Crippen LogP contribution in [0.3, 0.4) is 0 Å². The Morgan fingerprint density at radius 3 is 2.82 bits per heavy atom. The lowest BCUT2D eigenvalue weighted by atomic mass is 9.80. The van der Waals surface area contributed by atoms with Gasteiger partial charge in [0, 0.05) is 28.8 Å². The largest absolute Gasteiger partial charge is 0.437 e. The fraction of sp³-hybridized carbons (Fsp3) is 0.200. The maximum atomic E-state index is 13.5. The Kier molecular flexibility index (Phi) is 6.64. The number of benzene rings is 1. The molecule has 2 atom stereocenters. The molecule has 0 amide bonds. The van der Waals surface area contributed by atoms with Gasteiger partial charge in [-0.2, -0.15) is 11.3 Å². The van der Waals surface area contributed by atoms with Gasteiger partial charge in [0.15, 0.2) is 5.75 Å². The second-order valence-electron chi connectivity index (χ2n) is 7.81. The standard InChI is InChI=1S/C25H21ClFN3OS2/c26-21-4-1-2-5-22(21)33-20-8-10-25(29-15-20,17-9-11-32-16-17)23-6-3-7-24(30-23)31-19-12-18(27)13-28-14-19/h1-7,9,11-14,16,20,29H,8,10,15H2. The van der Waals surface area contributed by atoms with E-state index < -0.39 is 11.4 Å². The van der Waals surface area contributed by atoms with Gasteiger partial charge in [-0.15, -0.1) is 11.8 Å². The second-order valence-corrected chi connectivity index (χ2v) is 10.3. The van der Waals surface area contributed by atoms with Gasteiger partial charge in [0.1, 0.15) is 5.82 Å². The quantitative estimate of drug-likeness (QED) is 0.313. The van der Waals surface area contributed by atoms with Crippen molar-refractivity contribution in [2.24, 2.45) is 0 Å². The number of nitrogens with zero attached hydrogens (tertiary/aromatic N) is 2. The van der Waals surface area contributed by atoms with Crippen LogP contribution >= 0.6 is 34.7 Å². The van der Waals surface area contributed by atoms with Crippen LogP contribution in [0.25, 0.3) is 0 Å². The number of hydrogen-bond acceptors (Lipinski definition) is 6. The number of nitrogens with one attached hydrogen (secondary N) is 1. The lowest BCUT2D eigenvalue weighted by molar-refractivity contribution is 0.306. The molecule has 33 heavy (non-hydrogen) atoms. The molecule has 4 heterocycles. The number of thioether (sulfide) groups is 1. The van der Waals surface area contributed by atoms with Crippen molar-refractivity contribution in [2.45, 2.75) is 28.5 Å². The van der Waals surface area contributed by atoms with Crippen LogP contribution in [0, 0.1) is 5.82 Å². The minimum absolute atomic E-state index is 0.317. The number of piperidine rings is 1. The summed E-state index contributed by atoms with van der Waals surface area (Å²) >= 11 is 9.86. The summed E-state index contributed by atoms with van der Waals surface area (Å²) in [5.41, 5.74) is 1.65. The lowest BCUT2D eigenvalue weighted by Gasteiger charge is -2.41. The van der Waals surface area contributed by atoms with Crippen LogP contribution in [0.2, 0.25) is 5.02 Å². The Bertz CT molecular complexity index is 1230. The van der Waals surface area contributed by atoms with Gasteiger partial charge in [-0.05, 0) is 53.4 Å². The summed E-state index contributed by atoms with van der Waals surface area (Å²) in [6, 6.07) is 17.1. The molecular formula is C25H21ClFN3OS2. The van der Waals surface area contributed by atoms with Crippen molar-refractivity contribution in [1.82, 2.24) is 15.3 Å². The first-order valence-corrected chi connectivity index (χ1v) is 12.8. The number of ether oxygens (including phenoxy) is 1. The maximum Gasteiger partial charge on any atom is 0.219 e. The normalized spacial score (nSPS) is 20.5. The van der Waals surface area contributed by atoms with Crippen LogP contribution in [0.15, 0.2) is 82.6 Å². The highest BCUT2D eigenvalue weighted by Crippen LogP contribution is 2.42. The number of pyridine rings is 2. The Balaban J connectivity index is 1.40. The summed E-state index contributed by atoms with van der Waals surface area (Å²) < 4.78 is 19.3. The smallest absolute Gasteiger partial charge is 0.219 e. The van der Waals surface area contributed by atoms with Gasteiger partial charge in [-0.25, -0.2) is 9.37 Å². The molecule has 0 bridgehead atoms. The topological polar surface area (TPSA) is 47.0 Å². The zero-order valence-corrected chi connectivity index (χ0v) is 20.0. The molecule has 8 heteroatoms. The number of halogens is 2. The molecule has 0 spiro atoms. The van der Waals surface area contributed by atoms with Gasteiger partial charge < -0.3 is 10.1 Å². The first-order chi connectivity index (χ1) is 16.1. The van der Waals surface area contributed by atoms with Gasteiger partial charge in [-0.1, -0.05) is 29.8 Å². The Morgan fingerprint density at radius 1 is 1.15 bits per heavy atom. The van der Waals surface area contributed by atoms with E-state index in [-0.39, 0.29) is 0 Å². The van der Waals surface area contributed by atoms with Crippen molar-refractivity contribution in [3.05, 3.63) is 99.8 Å². The maximum absolute atomic E-state index is 13.5. The molecule has 2 unspecified atom stereocenters. The van der Waals surface area contributed by atoms with Crippen molar-refractivity contribution in [2.75, 3.05) is 6.54 Å². The molecule has 1 saturated heterocycles. The van der Waals surface area contributed by atoms with Crippen LogP contribution in [0.1, 0.15) is 24.1 Å². The molecule has 1 aliphatic rings. The summed E-state index contributed by atoms with van der Waals surface area (Å²) in [4.78, 5) is 9.76. The van der Waals surface area contributed by atoms with Gasteiger partial charge in [0.25, 0.3) is 0 Å². The fourth-order valence-corrected chi connectivity index (χ4v) is 6.17. The summed E-state index contributed by atoms with van der Waals surface area (Å²) in [6.07, 6.45) is 4.50. The predicted octanol–water partition coefficient (Wildman–Crippen LogP) is 6.91. The number of thiophene rings is 1. The van der Waals surface area contributed by atoms with E-state index in [9.17, 15) is 4.39 Å². The van der Waals surface area contributed by atoms with Crippen LogP contribution in [-0.2, 0) is 5.54 Å². The van der Waals surface area contributed by atoms with Crippen LogP contribution in [-0.4, -0.2) is 21.8 Å². The lowest BCUT2D eigenvalue weighted by Crippen LogP contribution is -2.50. The number of aromatic nitrogens is 2. The average Bonchev–Trinajstić information content (AvgIpc) is 3.37. The van der Waals surface area contributed by atoms with E-state index >= 15 is 0 Å². The Hall–Kier alpha value is -2.45. The highest BCUT2D eigenvalue weighted by molar-refractivity contribution is 8.00. The van der Waals surface area contributed by atoms with E-state index in [1.54, 1.807) is 17.4 Å². The van der Waals surface area contributed by atoms with Crippen LogP contribution in [0.4, 0.5) is 4.39 Å². The molecular weight excluding hydrogens is 477 g/mol. The van der Waals surface area contributed by atoms with Gasteiger partial charge in [0.05, 0.1) is 28.6 Å². The average molecular weight is 498 g/mol. The molecule has 1 aliphatic heterocycles. The van der Waals surface area contributed by atoms with Crippen molar-refractivity contribution in [3.8, 4) is 11.6 Å². The number of rotatable bonds is 6. The molecule has 3 aromatic heterocycles. The van der Waals surface area contributed by atoms with Gasteiger partial charge in [0.2, 0.25) is 5.88 Å². The summed E-state index contributed by atoms with van der Waals surface area (Å²) in [5, 5.41) is 9.23. The molecule has 1 N–H and O–H groups in total. The zero-order valence-electron chi connectivity index (χ0n) is 17.6. The van der Waals surface area contributed by atoms with E-state index in [0.717, 1.165) is 41.2 Å². The minimum atomic E-state index is -0.450. The van der Waals surface area contributed by atoms with Crippen molar-refractivity contribution >= 4 is 34.7 Å². The zero-order chi connectivity index (χ0) is 22.7. The molecule has 0 radical (unpaired) electrons. The van der Waals surface area contributed by atoms with Crippen molar-refractivity contribution in [3.63, 3.8) is 0 Å². The molecule has 0 saturated carbocycles. The van der Waals surface area contributed by atoms with E-state index in [4.69, 9.17) is 21.3 Å². The highest BCUT2D eigenvalue weighted by Gasteiger charge is 2.40. The van der Waals surface area contributed by atoms with Crippen LogP contribution in [0.5, 0.6) is 11.6 Å². The first kappa shape index (κ1) is 22.3. The molecule has 1 aromatic carbocycles. The Morgan fingerprint density at radius 2 is 2.06 bits per heavy atom. The second kappa shape index (κ2) is 9.81. The van der Waals surface area contributed by atoms with Crippen LogP contribution < -0.4 is 10.1 Å². The molecule has 0 aliphatic carbocycles. The molecule has 168 valence electrons. The van der Waals surface area contributed by atoms with E-state index in [1.165, 1.54) is 17.8 Å². The summed E-state index contributed by atoms with van der Waals surface area (Å²) in [7, 11) is 0. The predicted molar refractivity (Wildman–Crippen MR) is 132 cm³/mol. The van der Waals surface area contributed by atoms with E-state index in [0.29, 0.717) is 16.9 Å². The summed E-state index contributed by atoms with van der Waals surface area (Å²) in [5.74, 6) is 0.273. The van der Waals surface area contributed by atoms with Gasteiger partial charge >= 0.3 is 0 Å². The number of hydrogen-bond donors (Lipinski definition) is 1. The molecule has 4 aromatic rings.